The summed E-state index contributed by atoms with van der Waals surface area (Å²) < 4.78 is 82.9. The fourth-order valence-electron chi connectivity index (χ4n) is 6.39. The third-order valence-corrected chi connectivity index (χ3v) is 10.9. The number of ether oxygens (including phenoxy) is 2. The Hall–Kier alpha value is -4.15. The molecular formula is C31H33F3N6O6S. The second-order valence-electron chi connectivity index (χ2n) is 12.6. The fraction of sp³-hybridized carbons (Fsp3) is 0.452. The van der Waals surface area contributed by atoms with Gasteiger partial charge in [0, 0.05) is 49.6 Å². The number of hydrogen-bond acceptors (Lipinski definition) is 9. The lowest BCUT2D eigenvalue weighted by molar-refractivity contribution is -0.147. The normalized spacial score (nSPS) is 18.8. The van der Waals surface area contributed by atoms with Crippen molar-refractivity contribution in [3.8, 4) is 5.88 Å². The molecule has 1 atom stereocenters. The van der Waals surface area contributed by atoms with E-state index in [0.717, 1.165) is 4.40 Å². The van der Waals surface area contributed by atoms with E-state index in [0.29, 0.717) is 54.0 Å². The minimum atomic E-state index is -4.75. The van der Waals surface area contributed by atoms with Crippen molar-refractivity contribution in [1.82, 2.24) is 28.9 Å². The Bertz CT molecular complexity index is 1970. The van der Waals surface area contributed by atoms with Gasteiger partial charge in [-0.05, 0) is 68.1 Å². The van der Waals surface area contributed by atoms with Crippen LogP contribution in [0.5, 0.6) is 5.88 Å². The number of carboxylic acids is 1. The summed E-state index contributed by atoms with van der Waals surface area (Å²) in [7, 11) is -4.10. The van der Waals surface area contributed by atoms with Crippen LogP contribution in [0.25, 0.3) is 5.65 Å². The number of carbonyl (C=O) groups is 1. The van der Waals surface area contributed by atoms with Crippen molar-refractivity contribution in [2.75, 3.05) is 19.8 Å². The number of pyridine rings is 3. The Morgan fingerprint density at radius 2 is 1.85 bits per heavy atom. The zero-order valence-corrected chi connectivity index (χ0v) is 26.9. The van der Waals surface area contributed by atoms with Crippen LogP contribution in [0.3, 0.4) is 0 Å². The van der Waals surface area contributed by atoms with Crippen molar-refractivity contribution in [3.63, 3.8) is 0 Å². The Kier molecular flexibility index (Phi) is 8.04. The van der Waals surface area contributed by atoms with Gasteiger partial charge in [0.2, 0.25) is 21.7 Å². The van der Waals surface area contributed by atoms with E-state index in [2.05, 4.69) is 20.2 Å². The van der Waals surface area contributed by atoms with Gasteiger partial charge in [-0.1, -0.05) is 6.07 Å². The number of hydrogen-bond donors (Lipinski definition) is 1. The number of aryl methyl sites for hydroxylation is 2. The van der Waals surface area contributed by atoms with Crippen LogP contribution in [0.1, 0.15) is 66.4 Å². The van der Waals surface area contributed by atoms with Crippen LogP contribution < -0.4 is 4.74 Å². The van der Waals surface area contributed by atoms with Gasteiger partial charge in [0.15, 0.2) is 5.65 Å². The molecule has 1 spiro atoms. The quantitative estimate of drug-likeness (QED) is 0.309. The summed E-state index contributed by atoms with van der Waals surface area (Å²) in [6.45, 7) is 7.02. The maximum Gasteiger partial charge on any atom is 0.452 e. The van der Waals surface area contributed by atoms with Gasteiger partial charge in [-0.2, -0.15) is 17.5 Å². The third kappa shape index (κ3) is 5.71. The number of carboxylic acid groups (broad SMARTS) is 1. The molecule has 16 heteroatoms. The van der Waals surface area contributed by atoms with E-state index >= 15 is 0 Å². The molecule has 0 bridgehead atoms. The molecule has 0 unspecified atom stereocenters. The molecule has 4 aromatic heterocycles. The number of rotatable bonds is 6. The van der Waals surface area contributed by atoms with Crippen molar-refractivity contribution in [2.45, 2.75) is 69.7 Å². The maximum atomic E-state index is 14.1. The van der Waals surface area contributed by atoms with Gasteiger partial charge >= 0.3 is 12.1 Å². The highest BCUT2D eigenvalue weighted by Gasteiger charge is 2.46. The molecule has 2 aliphatic heterocycles. The summed E-state index contributed by atoms with van der Waals surface area (Å²) in [5, 5.41) is 17.5. The highest BCUT2D eigenvalue weighted by atomic mass is 32.2. The first-order valence-corrected chi connectivity index (χ1v) is 16.3. The van der Waals surface area contributed by atoms with E-state index in [1.54, 1.807) is 19.9 Å². The molecule has 0 aliphatic carbocycles. The van der Waals surface area contributed by atoms with Crippen LogP contribution in [0.15, 0.2) is 47.8 Å². The summed E-state index contributed by atoms with van der Waals surface area (Å²) >= 11 is 0. The Balaban J connectivity index is 1.46. The Labute approximate surface area is 268 Å². The van der Waals surface area contributed by atoms with E-state index < -0.39 is 44.9 Å². The molecule has 250 valence electrons. The van der Waals surface area contributed by atoms with Crippen LogP contribution in [-0.2, 0) is 32.3 Å². The monoisotopic (exact) mass is 674 g/mol. The molecule has 1 fully saturated rings. The number of aliphatic carboxylic acids is 1. The molecule has 6 heterocycles. The highest BCUT2D eigenvalue weighted by molar-refractivity contribution is 7.89. The number of aromatic nitrogens is 5. The van der Waals surface area contributed by atoms with Crippen molar-refractivity contribution >= 4 is 21.6 Å². The van der Waals surface area contributed by atoms with Crippen LogP contribution in [-0.4, -0.2) is 73.7 Å². The van der Waals surface area contributed by atoms with Crippen molar-refractivity contribution < 1.29 is 41.0 Å². The van der Waals surface area contributed by atoms with Gasteiger partial charge in [0.1, 0.15) is 10.5 Å². The topological polar surface area (TPSA) is 149 Å². The van der Waals surface area contributed by atoms with Gasteiger partial charge in [-0.3, -0.25) is 14.2 Å². The van der Waals surface area contributed by atoms with Crippen LogP contribution in [0.2, 0.25) is 0 Å². The van der Waals surface area contributed by atoms with E-state index in [4.69, 9.17) is 9.47 Å². The lowest BCUT2D eigenvalue weighted by Crippen LogP contribution is -2.50. The number of nitrogens with zero attached hydrogens (tertiary/aromatic N) is 6. The average molecular weight is 675 g/mol. The summed E-state index contributed by atoms with van der Waals surface area (Å²) in [5.41, 5.74) is -0.214. The summed E-state index contributed by atoms with van der Waals surface area (Å²) in [4.78, 5) is 21.4. The van der Waals surface area contributed by atoms with E-state index in [9.17, 15) is 31.5 Å². The number of halogens is 3. The van der Waals surface area contributed by atoms with Gasteiger partial charge in [0.25, 0.3) is 0 Å². The standard InChI is InChI=1S/C31H33F3N6O6S/c1-18-22(7-11-40-25(18)37-38-27(40)31(32,33)34)24(29(3,4)28(41)42)20-14-21(19(2)36-15-20)16-39-17-30(8-12-45-13-9-30)46-26-23(47(39,43)44)6-5-10-35-26/h5-7,10-11,14-15,24H,8-9,12-13,16-17H2,1-4H3,(H,41,42)/t24-/m0/s1. The molecule has 47 heavy (non-hydrogen) atoms. The largest absolute Gasteiger partial charge is 0.481 e. The molecule has 4 aromatic rings. The van der Waals surface area contributed by atoms with E-state index in [-0.39, 0.29) is 29.5 Å². The smallest absolute Gasteiger partial charge is 0.452 e. The fourth-order valence-corrected chi connectivity index (χ4v) is 7.95. The minimum absolute atomic E-state index is 0.0208. The van der Waals surface area contributed by atoms with Gasteiger partial charge < -0.3 is 14.6 Å². The zero-order chi connectivity index (χ0) is 33.9. The number of sulfonamides is 1. The van der Waals surface area contributed by atoms with Crippen molar-refractivity contribution in [3.05, 3.63) is 76.6 Å². The first kappa shape index (κ1) is 32.8. The number of fused-ring (bicyclic) bond motifs is 2. The maximum absolute atomic E-state index is 14.1. The minimum Gasteiger partial charge on any atom is -0.481 e. The lowest BCUT2D eigenvalue weighted by atomic mass is 9.70. The summed E-state index contributed by atoms with van der Waals surface area (Å²) in [5.74, 6) is -3.24. The first-order valence-electron chi connectivity index (χ1n) is 14.9. The second-order valence-corrected chi connectivity index (χ2v) is 14.5. The van der Waals surface area contributed by atoms with E-state index in [1.807, 2.05) is 0 Å². The molecule has 0 saturated carbocycles. The van der Waals surface area contributed by atoms with Crippen LogP contribution in [0, 0.1) is 19.3 Å². The Morgan fingerprint density at radius 1 is 1.13 bits per heavy atom. The summed E-state index contributed by atoms with van der Waals surface area (Å²) in [6.07, 6.45) is 0.310. The average Bonchev–Trinajstić information content (AvgIpc) is 3.43. The summed E-state index contributed by atoms with van der Waals surface area (Å²) in [6, 6.07) is 6.13. The molecule has 1 saturated heterocycles. The van der Waals surface area contributed by atoms with Gasteiger partial charge in [0.05, 0.1) is 25.2 Å². The van der Waals surface area contributed by atoms with Crippen LogP contribution in [0.4, 0.5) is 13.2 Å². The zero-order valence-electron chi connectivity index (χ0n) is 26.1. The SMILES string of the molecule is Cc1ncc([C@@H](c2ccn3c(C(F)(F)F)nnc3c2C)C(C)(C)C(=O)O)cc1CN1CC2(CCOCC2)Oc2ncccc2S1(=O)=O. The van der Waals surface area contributed by atoms with Crippen molar-refractivity contribution in [2.24, 2.45) is 5.41 Å². The molecule has 0 radical (unpaired) electrons. The van der Waals surface area contributed by atoms with Gasteiger partial charge in [-0.15, -0.1) is 10.2 Å². The van der Waals surface area contributed by atoms with E-state index in [1.165, 1.54) is 54.9 Å². The molecule has 0 aromatic carbocycles. The number of alkyl halides is 3. The second kappa shape index (κ2) is 11.5. The molecule has 2 aliphatic rings. The van der Waals surface area contributed by atoms with Crippen molar-refractivity contribution in [1.29, 1.82) is 0 Å². The third-order valence-electron chi connectivity index (χ3n) is 9.13. The van der Waals surface area contributed by atoms with Crippen LogP contribution >= 0.6 is 0 Å². The molecule has 12 nitrogen and oxygen atoms in total. The predicted molar refractivity (Wildman–Crippen MR) is 160 cm³/mol. The lowest BCUT2D eigenvalue weighted by Gasteiger charge is -2.38. The molecule has 0 amide bonds. The highest BCUT2D eigenvalue weighted by Crippen LogP contribution is 2.44. The predicted octanol–water partition coefficient (Wildman–Crippen LogP) is 4.53. The molecule has 1 N–H and O–H groups in total. The first-order chi connectivity index (χ1) is 22.0. The molecule has 6 rings (SSSR count). The Morgan fingerprint density at radius 3 is 2.53 bits per heavy atom. The van der Waals surface area contributed by atoms with Gasteiger partial charge in [-0.25, -0.2) is 13.4 Å². The molecular weight excluding hydrogens is 641 g/mol.